The molecule has 0 unspecified atom stereocenters. The van der Waals surface area contributed by atoms with Crippen molar-refractivity contribution in [2.45, 2.75) is 13.8 Å². The number of aliphatic hydroxyl groups is 1. The maximum Gasteiger partial charge on any atom is 0.371 e. The Hall–Kier alpha value is -1.78. The lowest BCUT2D eigenvalue weighted by molar-refractivity contribution is -0.138. The lowest BCUT2D eigenvalue weighted by Gasteiger charge is -1.98. The van der Waals surface area contributed by atoms with Gasteiger partial charge < -0.3 is 15.3 Å². The Balaban J connectivity index is 5.26. The molecule has 0 amide bonds. The van der Waals surface area contributed by atoms with E-state index in [1.54, 1.807) is 13.8 Å². The van der Waals surface area contributed by atoms with Gasteiger partial charge in [0.2, 0.25) is 5.76 Å². The second kappa shape index (κ2) is 4.30. The maximum absolute atomic E-state index is 10.5. The van der Waals surface area contributed by atoms with Crippen molar-refractivity contribution < 1.29 is 24.9 Å². The molecule has 0 bridgehead atoms. The van der Waals surface area contributed by atoms with Gasteiger partial charge in [-0.15, -0.1) is 0 Å². The molecule has 0 radical (unpaired) electrons. The van der Waals surface area contributed by atoms with Crippen LogP contribution in [0.2, 0.25) is 0 Å². The molecule has 0 aliphatic heterocycles. The highest BCUT2D eigenvalue weighted by atomic mass is 16.4. The zero-order chi connectivity index (χ0) is 10.6. The van der Waals surface area contributed by atoms with Crippen molar-refractivity contribution in [2.75, 3.05) is 0 Å². The van der Waals surface area contributed by atoms with Gasteiger partial charge >= 0.3 is 11.9 Å². The molecule has 0 saturated heterocycles. The second-order valence-corrected chi connectivity index (χ2v) is 2.59. The van der Waals surface area contributed by atoms with E-state index in [1.807, 2.05) is 0 Å². The van der Waals surface area contributed by atoms with Crippen LogP contribution in [0.4, 0.5) is 0 Å². The second-order valence-electron chi connectivity index (χ2n) is 2.59. The number of allylic oxidation sites excluding steroid dienone is 1. The molecule has 0 aromatic rings. The number of carboxylic acid groups (broad SMARTS) is 2. The largest absolute Gasteiger partial charge is 0.501 e. The fourth-order valence-corrected chi connectivity index (χ4v) is 0.635. The summed E-state index contributed by atoms with van der Waals surface area (Å²) in [6.07, 6.45) is 1.09. The molecular weight excluding hydrogens is 176 g/mol. The third-order valence-corrected chi connectivity index (χ3v) is 1.12. The predicted octanol–water partition coefficient (Wildman–Crippen LogP) is 0.934. The molecule has 0 saturated carbocycles. The molecule has 0 fully saturated rings. The van der Waals surface area contributed by atoms with Crippen molar-refractivity contribution in [2.24, 2.45) is 0 Å². The number of rotatable bonds is 3. The van der Waals surface area contributed by atoms with Crippen LogP contribution in [0.1, 0.15) is 13.8 Å². The van der Waals surface area contributed by atoms with Crippen molar-refractivity contribution in [1.29, 1.82) is 0 Å². The van der Waals surface area contributed by atoms with Crippen LogP contribution in [-0.2, 0) is 9.59 Å². The van der Waals surface area contributed by atoms with E-state index in [0.717, 1.165) is 6.08 Å². The van der Waals surface area contributed by atoms with E-state index >= 15 is 0 Å². The summed E-state index contributed by atoms with van der Waals surface area (Å²) >= 11 is 0. The van der Waals surface area contributed by atoms with Gasteiger partial charge in [0.25, 0.3) is 0 Å². The van der Waals surface area contributed by atoms with Gasteiger partial charge in [0.1, 0.15) is 5.57 Å². The third kappa shape index (κ3) is 3.42. The molecule has 0 rings (SSSR count). The summed E-state index contributed by atoms with van der Waals surface area (Å²) in [5.74, 6) is -4.29. The summed E-state index contributed by atoms with van der Waals surface area (Å²) in [4.78, 5) is 20.7. The van der Waals surface area contributed by atoms with Crippen LogP contribution in [0.5, 0.6) is 0 Å². The fourth-order valence-electron chi connectivity index (χ4n) is 0.635. The van der Waals surface area contributed by atoms with Crippen molar-refractivity contribution in [3.8, 4) is 0 Å². The highest BCUT2D eigenvalue weighted by Gasteiger charge is 2.16. The molecular formula is C8H10O5. The first-order chi connectivity index (χ1) is 5.86. The predicted molar refractivity (Wildman–Crippen MR) is 44.4 cm³/mol. The van der Waals surface area contributed by atoms with Crippen LogP contribution >= 0.6 is 0 Å². The molecule has 13 heavy (non-hydrogen) atoms. The van der Waals surface area contributed by atoms with Gasteiger partial charge in [-0.05, 0) is 19.9 Å². The third-order valence-electron chi connectivity index (χ3n) is 1.12. The number of hydrogen-bond donors (Lipinski definition) is 3. The van der Waals surface area contributed by atoms with Gasteiger partial charge in [-0.3, -0.25) is 0 Å². The minimum absolute atomic E-state index is 0.588. The Morgan fingerprint density at radius 1 is 1.00 bits per heavy atom. The molecule has 0 aliphatic carbocycles. The Kier molecular flexibility index (Phi) is 3.71. The zero-order valence-electron chi connectivity index (χ0n) is 7.24. The van der Waals surface area contributed by atoms with E-state index in [2.05, 4.69) is 0 Å². The fraction of sp³-hybridized carbons (Fsp3) is 0.250. The monoisotopic (exact) mass is 186 g/mol. The highest BCUT2D eigenvalue weighted by Crippen LogP contribution is 2.07. The molecule has 0 atom stereocenters. The molecule has 0 spiro atoms. The summed E-state index contributed by atoms with van der Waals surface area (Å²) in [6.45, 7) is 3.19. The summed E-state index contributed by atoms with van der Waals surface area (Å²) < 4.78 is 0. The first-order valence-electron chi connectivity index (χ1n) is 3.41. The van der Waals surface area contributed by atoms with Crippen LogP contribution in [0.3, 0.4) is 0 Å². The Bertz CT molecular complexity index is 294. The maximum atomic E-state index is 10.5. The van der Waals surface area contributed by atoms with Gasteiger partial charge in [-0.1, -0.05) is 5.57 Å². The topological polar surface area (TPSA) is 94.8 Å². The molecule has 5 nitrogen and oxygen atoms in total. The average molecular weight is 186 g/mol. The van der Waals surface area contributed by atoms with E-state index in [-0.39, 0.29) is 0 Å². The molecule has 72 valence electrons. The number of aliphatic carboxylic acids is 2. The lowest BCUT2D eigenvalue weighted by Crippen LogP contribution is -2.09. The van der Waals surface area contributed by atoms with E-state index < -0.39 is 23.3 Å². The number of carboxylic acids is 2. The number of carbonyl (C=O) groups is 2. The minimum Gasteiger partial charge on any atom is -0.501 e. The molecule has 0 aromatic carbocycles. The van der Waals surface area contributed by atoms with Crippen molar-refractivity contribution >= 4 is 11.9 Å². The van der Waals surface area contributed by atoms with E-state index in [0.29, 0.717) is 5.57 Å². The minimum atomic E-state index is -1.66. The number of hydrogen-bond acceptors (Lipinski definition) is 3. The van der Waals surface area contributed by atoms with E-state index in [9.17, 15) is 9.59 Å². The van der Waals surface area contributed by atoms with Crippen LogP contribution in [0, 0.1) is 0 Å². The van der Waals surface area contributed by atoms with Gasteiger partial charge in [0.15, 0.2) is 0 Å². The quantitative estimate of drug-likeness (QED) is 0.346. The Labute approximate surface area is 74.6 Å². The molecule has 0 heterocycles. The first kappa shape index (κ1) is 11.2. The highest BCUT2D eigenvalue weighted by molar-refractivity contribution is 5.99. The zero-order valence-corrected chi connectivity index (χ0v) is 7.24. The molecule has 0 aromatic heterocycles. The summed E-state index contributed by atoms with van der Waals surface area (Å²) in [7, 11) is 0. The Morgan fingerprint density at radius 2 is 1.46 bits per heavy atom. The van der Waals surface area contributed by atoms with Gasteiger partial charge in [-0.25, -0.2) is 9.59 Å². The SMILES string of the molecule is CC(C)=C/C(C(=O)O)=C(\O)C(=O)O. The van der Waals surface area contributed by atoms with Crippen LogP contribution < -0.4 is 0 Å². The first-order valence-corrected chi connectivity index (χ1v) is 3.41. The van der Waals surface area contributed by atoms with Crippen molar-refractivity contribution in [3.63, 3.8) is 0 Å². The molecule has 0 aliphatic rings. The van der Waals surface area contributed by atoms with Crippen molar-refractivity contribution in [1.82, 2.24) is 0 Å². The number of aliphatic hydroxyl groups excluding tert-OH is 1. The molecule has 3 N–H and O–H groups in total. The van der Waals surface area contributed by atoms with Gasteiger partial charge in [0, 0.05) is 0 Å². The lowest BCUT2D eigenvalue weighted by atomic mass is 10.1. The standard InChI is InChI=1S/C8H10O5/c1-4(2)3-5(7(10)11)6(9)8(12)13/h3,9H,1-2H3,(H,10,11)(H,12,13)/b6-5+. The summed E-state index contributed by atoms with van der Waals surface area (Å²) in [5, 5.41) is 25.7. The van der Waals surface area contributed by atoms with Crippen molar-refractivity contribution in [3.05, 3.63) is 23.0 Å². The van der Waals surface area contributed by atoms with Gasteiger partial charge in [-0.2, -0.15) is 0 Å². The van der Waals surface area contributed by atoms with Gasteiger partial charge in [0.05, 0.1) is 0 Å². The van der Waals surface area contributed by atoms with E-state index in [4.69, 9.17) is 15.3 Å². The van der Waals surface area contributed by atoms with E-state index in [1.165, 1.54) is 0 Å². The Morgan fingerprint density at radius 3 is 1.69 bits per heavy atom. The normalized spacial score (nSPS) is 11.5. The summed E-state index contributed by atoms with van der Waals surface area (Å²) in [5.41, 5.74) is -0.0299. The van der Waals surface area contributed by atoms with Crippen LogP contribution in [0.15, 0.2) is 23.0 Å². The average Bonchev–Trinajstić information content (AvgIpc) is 1.97. The smallest absolute Gasteiger partial charge is 0.371 e. The van der Waals surface area contributed by atoms with Crippen LogP contribution in [0.25, 0.3) is 0 Å². The molecule has 5 heteroatoms. The van der Waals surface area contributed by atoms with Crippen LogP contribution in [-0.4, -0.2) is 27.3 Å². The summed E-state index contributed by atoms with van der Waals surface area (Å²) in [6, 6.07) is 0.